The van der Waals surface area contributed by atoms with Crippen LogP contribution >= 0.6 is 45.8 Å². The molecule has 9 heteroatoms. The summed E-state index contributed by atoms with van der Waals surface area (Å²) in [4.78, 5) is 33.7. The number of nitrogens with two attached hydrogens (primary N) is 1. The topological polar surface area (TPSA) is 109 Å². The van der Waals surface area contributed by atoms with Crippen LogP contribution in [0.1, 0.15) is 16.8 Å². The minimum absolute atomic E-state index is 0.124. The predicted octanol–water partition coefficient (Wildman–Crippen LogP) is 1.66. The van der Waals surface area contributed by atoms with Crippen LogP contribution in [-0.4, -0.2) is 28.9 Å². The van der Waals surface area contributed by atoms with E-state index in [-0.39, 0.29) is 15.6 Å². The molecule has 0 aliphatic carbocycles. The summed E-state index contributed by atoms with van der Waals surface area (Å²) in [6, 6.07) is 1.40. The second kappa shape index (κ2) is 7.09. The molecule has 0 aromatic heterocycles. The van der Waals surface area contributed by atoms with Gasteiger partial charge in [0.15, 0.2) is 0 Å². The van der Waals surface area contributed by atoms with E-state index >= 15 is 0 Å². The maximum Gasteiger partial charge on any atom is 0.326 e. The molecule has 2 amide bonds. The summed E-state index contributed by atoms with van der Waals surface area (Å²) in [6.45, 7) is 0. The van der Waals surface area contributed by atoms with Gasteiger partial charge in [-0.15, -0.1) is 0 Å². The normalized spacial score (nSPS) is 11.8. The summed E-state index contributed by atoms with van der Waals surface area (Å²) >= 11 is 13.5. The largest absolute Gasteiger partial charge is 0.480 e. The number of benzene rings is 1. The zero-order chi connectivity index (χ0) is 15.4. The summed E-state index contributed by atoms with van der Waals surface area (Å²) in [5.74, 6) is -2.90. The molecule has 4 N–H and O–H groups in total. The highest BCUT2D eigenvalue weighted by molar-refractivity contribution is 14.1. The van der Waals surface area contributed by atoms with Gasteiger partial charge in [0.25, 0.3) is 5.91 Å². The first-order chi connectivity index (χ1) is 9.22. The molecule has 0 spiro atoms. The van der Waals surface area contributed by atoms with Gasteiger partial charge in [0, 0.05) is 8.59 Å². The van der Waals surface area contributed by atoms with E-state index in [2.05, 4.69) is 5.32 Å². The molecule has 1 aromatic rings. The highest BCUT2D eigenvalue weighted by Crippen LogP contribution is 2.26. The van der Waals surface area contributed by atoms with Gasteiger partial charge in [0.05, 0.1) is 17.0 Å². The predicted molar refractivity (Wildman–Crippen MR) is 81.9 cm³/mol. The van der Waals surface area contributed by atoms with E-state index in [1.165, 1.54) is 12.1 Å². The highest BCUT2D eigenvalue weighted by Gasteiger charge is 2.24. The minimum Gasteiger partial charge on any atom is -0.480 e. The Morgan fingerprint density at radius 1 is 1.35 bits per heavy atom. The van der Waals surface area contributed by atoms with Gasteiger partial charge in [-0.05, 0) is 34.7 Å². The Hall–Kier alpha value is -1.06. The number of halogens is 3. The molecule has 1 rings (SSSR count). The molecule has 0 bridgehead atoms. The zero-order valence-electron chi connectivity index (χ0n) is 9.82. The van der Waals surface area contributed by atoms with Crippen molar-refractivity contribution in [2.75, 3.05) is 0 Å². The average molecular weight is 431 g/mol. The Kier molecular flexibility index (Phi) is 6.03. The molecule has 1 aromatic carbocycles. The van der Waals surface area contributed by atoms with E-state index in [0.717, 1.165) is 0 Å². The fraction of sp³-hybridized carbons (Fsp3) is 0.182. The fourth-order valence-corrected chi connectivity index (χ4v) is 2.41. The first-order valence-electron chi connectivity index (χ1n) is 5.19. The van der Waals surface area contributed by atoms with Crippen LogP contribution < -0.4 is 11.1 Å². The number of nitrogens with one attached hydrogen (secondary N) is 1. The minimum atomic E-state index is -1.41. The van der Waals surface area contributed by atoms with Crippen molar-refractivity contribution in [1.82, 2.24) is 5.32 Å². The summed E-state index contributed by atoms with van der Waals surface area (Å²) in [6.07, 6.45) is -0.508. The van der Waals surface area contributed by atoms with Crippen LogP contribution in [0.3, 0.4) is 0 Å². The Morgan fingerprint density at radius 2 is 1.95 bits per heavy atom. The number of hydrogen-bond acceptors (Lipinski definition) is 3. The Morgan fingerprint density at radius 3 is 2.45 bits per heavy atom. The molecule has 0 aliphatic heterocycles. The molecule has 6 nitrogen and oxygen atoms in total. The van der Waals surface area contributed by atoms with Gasteiger partial charge in [0.2, 0.25) is 5.91 Å². The van der Waals surface area contributed by atoms with Gasteiger partial charge in [-0.2, -0.15) is 0 Å². The highest BCUT2D eigenvalue weighted by atomic mass is 127. The second-order valence-electron chi connectivity index (χ2n) is 3.78. The van der Waals surface area contributed by atoms with E-state index in [1.807, 2.05) is 22.6 Å². The third-order valence-electron chi connectivity index (χ3n) is 2.25. The van der Waals surface area contributed by atoms with E-state index in [0.29, 0.717) is 3.57 Å². The first-order valence-corrected chi connectivity index (χ1v) is 7.02. The fourth-order valence-electron chi connectivity index (χ4n) is 1.36. The van der Waals surface area contributed by atoms with Gasteiger partial charge in [-0.1, -0.05) is 23.2 Å². The van der Waals surface area contributed by atoms with Gasteiger partial charge >= 0.3 is 5.97 Å². The Balaban J connectivity index is 3.00. The van der Waals surface area contributed by atoms with Crippen molar-refractivity contribution < 1.29 is 19.5 Å². The third-order valence-corrected chi connectivity index (χ3v) is 4.24. The van der Waals surface area contributed by atoms with Crippen molar-refractivity contribution in [1.29, 1.82) is 0 Å². The van der Waals surface area contributed by atoms with Gasteiger partial charge in [-0.3, -0.25) is 9.59 Å². The number of amides is 2. The van der Waals surface area contributed by atoms with Crippen molar-refractivity contribution in [3.63, 3.8) is 0 Å². The van der Waals surface area contributed by atoms with Crippen molar-refractivity contribution >= 4 is 63.6 Å². The lowest BCUT2D eigenvalue weighted by Gasteiger charge is -2.14. The van der Waals surface area contributed by atoms with Crippen molar-refractivity contribution in [2.45, 2.75) is 12.5 Å². The Labute approximate surface area is 137 Å². The van der Waals surface area contributed by atoms with E-state index in [1.54, 1.807) is 0 Å². The van der Waals surface area contributed by atoms with Gasteiger partial charge in [0.1, 0.15) is 6.04 Å². The number of aliphatic carboxylic acids is 1. The summed E-state index contributed by atoms with van der Waals surface area (Å²) in [5, 5.41) is 11.6. The first kappa shape index (κ1) is 17.0. The van der Waals surface area contributed by atoms with Crippen molar-refractivity contribution in [3.05, 3.63) is 31.3 Å². The molecule has 0 saturated carbocycles. The van der Waals surface area contributed by atoms with Crippen LogP contribution in [0.5, 0.6) is 0 Å². The maximum atomic E-state index is 12.0. The summed E-state index contributed by atoms with van der Waals surface area (Å²) < 4.78 is 0.425. The number of rotatable bonds is 5. The van der Waals surface area contributed by atoms with Gasteiger partial charge in [-0.25, -0.2) is 4.79 Å². The molecule has 1 atom stereocenters. The molecular formula is C11H9Cl2IN2O4. The lowest BCUT2D eigenvalue weighted by Crippen LogP contribution is -2.43. The number of hydrogen-bond donors (Lipinski definition) is 3. The molecule has 0 saturated heterocycles. The molecule has 1 unspecified atom stereocenters. The SMILES string of the molecule is NC(=O)CC(NC(=O)c1cc(Cl)cc(Cl)c1I)C(=O)O. The third kappa shape index (κ3) is 4.50. The van der Waals surface area contributed by atoms with Crippen LogP contribution in [0, 0.1) is 3.57 Å². The van der Waals surface area contributed by atoms with Crippen LogP contribution in [-0.2, 0) is 9.59 Å². The maximum absolute atomic E-state index is 12.0. The number of carboxylic acid groups (broad SMARTS) is 1. The van der Waals surface area contributed by atoms with Crippen LogP contribution in [0.2, 0.25) is 10.0 Å². The molecule has 108 valence electrons. The molecule has 20 heavy (non-hydrogen) atoms. The molecule has 0 aliphatic rings. The number of carbonyl (C=O) groups excluding carboxylic acids is 2. The zero-order valence-corrected chi connectivity index (χ0v) is 13.5. The second-order valence-corrected chi connectivity index (χ2v) is 5.71. The number of primary amides is 1. The lowest BCUT2D eigenvalue weighted by atomic mass is 10.1. The standard InChI is InChI=1S/C11H9Cl2IN2O4/c12-4-1-5(9(14)6(13)2-4)10(18)16-7(11(19)20)3-8(15)17/h1-2,7H,3H2,(H2,15,17)(H,16,18)(H,19,20). The van der Waals surface area contributed by atoms with Crippen molar-refractivity contribution in [3.8, 4) is 0 Å². The summed E-state index contributed by atoms with van der Waals surface area (Å²) in [5.41, 5.74) is 5.05. The number of carboxylic acids is 1. The van der Waals surface area contributed by atoms with Crippen molar-refractivity contribution in [2.24, 2.45) is 5.73 Å². The van der Waals surface area contributed by atoms with E-state index in [9.17, 15) is 14.4 Å². The quantitative estimate of drug-likeness (QED) is 0.487. The Bertz CT molecular complexity index is 580. The lowest BCUT2D eigenvalue weighted by molar-refractivity contribution is -0.140. The number of carbonyl (C=O) groups is 3. The average Bonchev–Trinajstić information content (AvgIpc) is 2.32. The van der Waals surface area contributed by atoms with Crippen LogP contribution in [0.4, 0.5) is 0 Å². The van der Waals surface area contributed by atoms with Crippen LogP contribution in [0.15, 0.2) is 12.1 Å². The molecular weight excluding hydrogens is 422 g/mol. The van der Waals surface area contributed by atoms with E-state index in [4.69, 9.17) is 34.0 Å². The monoisotopic (exact) mass is 430 g/mol. The molecule has 0 radical (unpaired) electrons. The summed E-state index contributed by atoms with van der Waals surface area (Å²) in [7, 11) is 0. The van der Waals surface area contributed by atoms with Crippen LogP contribution in [0.25, 0.3) is 0 Å². The van der Waals surface area contributed by atoms with Gasteiger partial charge < -0.3 is 16.2 Å². The molecule has 0 heterocycles. The smallest absolute Gasteiger partial charge is 0.326 e. The molecule has 0 fully saturated rings. The van der Waals surface area contributed by atoms with E-state index < -0.39 is 30.2 Å².